The van der Waals surface area contributed by atoms with Crippen molar-refractivity contribution < 1.29 is 9.53 Å². The van der Waals surface area contributed by atoms with Crippen molar-refractivity contribution in [1.82, 2.24) is 14.9 Å². The number of nitrogens with zero attached hydrogens (tertiary/aromatic N) is 3. The lowest BCUT2D eigenvalue weighted by atomic mass is 10.1. The number of anilines is 1. The van der Waals surface area contributed by atoms with Crippen LogP contribution in [0.1, 0.15) is 41.9 Å². The highest BCUT2D eigenvalue weighted by molar-refractivity contribution is 5.94. The summed E-state index contributed by atoms with van der Waals surface area (Å²) in [6, 6.07) is 7.91. The van der Waals surface area contributed by atoms with Gasteiger partial charge in [-0.1, -0.05) is 0 Å². The molecule has 7 heteroatoms. The van der Waals surface area contributed by atoms with Crippen LogP contribution in [0, 0.1) is 0 Å². The minimum absolute atomic E-state index is 0.00383. The Bertz CT molecular complexity index is 889. The molecule has 1 saturated heterocycles. The molecule has 2 fully saturated rings. The molecule has 142 valence electrons. The molecule has 1 unspecified atom stereocenters. The molecule has 1 aromatic carbocycles. The Kier molecular flexibility index (Phi) is 4.59. The van der Waals surface area contributed by atoms with E-state index in [-0.39, 0.29) is 23.1 Å². The van der Waals surface area contributed by atoms with Gasteiger partial charge in [-0.2, -0.15) is 0 Å². The highest BCUT2D eigenvalue weighted by Gasteiger charge is 2.31. The number of benzene rings is 1. The summed E-state index contributed by atoms with van der Waals surface area (Å²) < 4.78 is 5.20. The first kappa shape index (κ1) is 17.6. The third kappa shape index (κ3) is 3.54. The highest BCUT2D eigenvalue weighted by Crippen LogP contribution is 2.37. The minimum Gasteiger partial charge on any atom is -0.497 e. The standard InChI is InChI=1S/C20H24N4O3/c1-13-12-23(15-5-7-16(27-2)8-6-15)9-10-24(13)20(26)17-11-21-18(14-3-4-14)22-19(17)25/h5-8,11,13-14H,3-4,9-10,12H2,1-2H3,(H,21,22,25). The van der Waals surface area contributed by atoms with Gasteiger partial charge in [0.2, 0.25) is 0 Å². The molecule has 7 nitrogen and oxygen atoms in total. The van der Waals surface area contributed by atoms with Gasteiger partial charge in [-0.25, -0.2) is 4.98 Å². The van der Waals surface area contributed by atoms with Crippen molar-refractivity contribution in [1.29, 1.82) is 0 Å². The third-order valence-corrected chi connectivity index (χ3v) is 5.34. The number of amides is 1. The van der Waals surface area contributed by atoms with E-state index in [9.17, 15) is 9.59 Å². The summed E-state index contributed by atoms with van der Waals surface area (Å²) >= 11 is 0. The smallest absolute Gasteiger partial charge is 0.263 e. The van der Waals surface area contributed by atoms with Crippen LogP contribution in [0.15, 0.2) is 35.3 Å². The van der Waals surface area contributed by atoms with Gasteiger partial charge in [0, 0.05) is 43.5 Å². The van der Waals surface area contributed by atoms with E-state index in [2.05, 4.69) is 14.9 Å². The summed E-state index contributed by atoms with van der Waals surface area (Å²) in [5.74, 6) is 1.64. The van der Waals surface area contributed by atoms with Gasteiger partial charge >= 0.3 is 0 Å². The summed E-state index contributed by atoms with van der Waals surface area (Å²) in [6.07, 6.45) is 3.55. The molecule has 1 N–H and O–H groups in total. The monoisotopic (exact) mass is 368 g/mol. The second-order valence-corrected chi connectivity index (χ2v) is 7.28. The fourth-order valence-corrected chi connectivity index (χ4v) is 3.57. The van der Waals surface area contributed by atoms with Crippen molar-refractivity contribution in [3.63, 3.8) is 0 Å². The lowest BCUT2D eigenvalue weighted by molar-refractivity contribution is 0.0671. The topological polar surface area (TPSA) is 78.5 Å². The summed E-state index contributed by atoms with van der Waals surface area (Å²) in [5.41, 5.74) is 0.897. The molecule has 2 aliphatic rings. The molecular weight excluding hydrogens is 344 g/mol. The van der Waals surface area contributed by atoms with Crippen LogP contribution in [-0.4, -0.2) is 53.6 Å². The Labute approximate surface area is 158 Å². The summed E-state index contributed by atoms with van der Waals surface area (Å²) in [7, 11) is 1.65. The van der Waals surface area contributed by atoms with Crippen LogP contribution in [0.5, 0.6) is 5.75 Å². The number of piperazine rings is 1. The molecule has 4 rings (SSSR count). The number of ether oxygens (including phenoxy) is 1. The number of H-pyrrole nitrogens is 1. The van der Waals surface area contributed by atoms with Crippen molar-refractivity contribution in [2.45, 2.75) is 31.7 Å². The summed E-state index contributed by atoms with van der Waals surface area (Å²) in [5, 5.41) is 0. The van der Waals surface area contributed by atoms with Crippen molar-refractivity contribution >= 4 is 11.6 Å². The average molecular weight is 368 g/mol. The molecule has 1 aromatic heterocycles. The number of nitrogens with one attached hydrogen (secondary N) is 1. The molecule has 1 atom stereocenters. The van der Waals surface area contributed by atoms with Crippen molar-refractivity contribution in [3.8, 4) is 5.75 Å². The molecule has 0 radical (unpaired) electrons. The van der Waals surface area contributed by atoms with E-state index < -0.39 is 0 Å². The van der Waals surface area contributed by atoms with Crippen molar-refractivity contribution in [2.75, 3.05) is 31.6 Å². The first-order valence-corrected chi connectivity index (χ1v) is 9.36. The van der Waals surface area contributed by atoms with Crippen LogP contribution in [0.3, 0.4) is 0 Å². The van der Waals surface area contributed by atoms with E-state index >= 15 is 0 Å². The van der Waals surface area contributed by atoms with Gasteiger partial charge in [0.1, 0.15) is 17.1 Å². The van der Waals surface area contributed by atoms with Gasteiger partial charge < -0.3 is 19.5 Å². The normalized spacial score (nSPS) is 19.9. The maximum absolute atomic E-state index is 12.9. The van der Waals surface area contributed by atoms with Gasteiger partial charge in [0.15, 0.2) is 0 Å². The maximum atomic E-state index is 12.9. The highest BCUT2D eigenvalue weighted by atomic mass is 16.5. The Balaban J connectivity index is 1.46. The van der Waals surface area contributed by atoms with Crippen LogP contribution in [0.25, 0.3) is 0 Å². The number of carbonyl (C=O) groups is 1. The fourth-order valence-electron chi connectivity index (χ4n) is 3.57. The Morgan fingerprint density at radius 3 is 2.56 bits per heavy atom. The number of carbonyl (C=O) groups excluding carboxylic acids is 1. The quantitative estimate of drug-likeness (QED) is 0.893. The molecule has 1 saturated carbocycles. The summed E-state index contributed by atoms with van der Waals surface area (Å²) in [4.78, 5) is 36.3. The third-order valence-electron chi connectivity index (χ3n) is 5.34. The van der Waals surface area contributed by atoms with Crippen LogP contribution in [-0.2, 0) is 0 Å². The molecule has 0 spiro atoms. The number of hydrogen-bond acceptors (Lipinski definition) is 5. The van der Waals surface area contributed by atoms with E-state index in [1.807, 2.05) is 31.2 Å². The minimum atomic E-state index is -0.332. The molecular formula is C20H24N4O3. The average Bonchev–Trinajstić information content (AvgIpc) is 3.53. The molecule has 1 amide bonds. The molecule has 2 aromatic rings. The molecule has 0 bridgehead atoms. The van der Waals surface area contributed by atoms with E-state index in [1.165, 1.54) is 6.20 Å². The SMILES string of the molecule is COc1ccc(N2CCN(C(=O)c3cnc(C4CC4)[nH]c3=O)C(C)C2)cc1. The molecule has 27 heavy (non-hydrogen) atoms. The van der Waals surface area contributed by atoms with Crippen LogP contribution >= 0.6 is 0 Å². The largest absolute Gasteiger partial charge is 0.497 e. The number of rotatable bonds is 4. The Hall–Kier alpha value is -2.83. The number of aromatic amines is 1. The zero-order valence-corrected chi connectivity index (χ0v) is 15.6. The van der Waals surface area contributed by atoms with E-state index in [0.717, 1.165) is 24.3 Å². The van der Waals surface area contributed by atoms with E-state index in [1.54, 1.807) is 12.0 Å². The first-order chi connectivity index (χ1) is 13.1. The van der Waals surface area contributed by atoms with E-state index in [0.29, 0.717) is 31.4 Å². The number of methoxy groups -OCH3 is 1. The molecule has 1 aliphatic carbocycles. The van der Waals surface area contributed by atoms with Crippen molar-refractivity contribution in [3.05, 3.63) is 52.2 Å². The number of hydrogen-bond donors (Lipinski definition) is 1. The lowest BCUT2D eigenvalue weighted by Gasteiger charge is -2.41. The fraction of sp³-hybridized carbons (Fsp3) is 0.450. The van der Waals surface area contributed by atoms with E-state index in [4.69, 9.17) is 4.74 Å². The predicted molar refractivity (Wildman–Crippen MR) is 103 cm³/mol. The van der Waals surface area contributed by atoms with Gasteiger partial charge in [0.05, 0.1) is 7.11 Å². The lowest BCUT2D eigenvalue weighted by Crippen LogP contribution is -2.54. The van der Waals surface area contributed by atoms with Gasteiger partial charge in [-0.05, 0) is 44.0 Å². The molecule has 2 heterocycles. The maximum Gasteiger partial charge on any atom is 0.263 e. The van der Waals surface area contributed by atoms with Crippen LogP contribution < -0.4 is 15.2 Å². The second-order valence-electron chi connectivity index (χ2n) is 7.28. The zero-order chi connectivity index (χ0) is 19.0. The van der Waals surface area contributed by atoms with Crippen molar-refractivity contribution in [2.24, 2.45) is 0 Å². The Morgan fingerprint density at radius 1 is 1.22 bits per heavy atom. The Morgan fingerprint density at radius 2 is 1.96 bits per heavy atom. The summed E-state index contributed by atoms with van der Waals surface area (Å²) in [6.45, 7) is 4.00. The van der Waals surface area contributed by atoms with Crippen LogP contribution in [0.2, 0.25) is 0 Å². The first-order valence-electron chi connectivity index (χ1n) is 9.36. The second kappa shape index (κ2) is 7.06. The predicted octanol–water partition coefficient (Wildman–Crippen LogP) is 2.01. The number of aromatic nitrogens is 2. The van der Waals surface area contributed by atoms with Gasteiger partial charge in [0.25, 0.3) is 11.5 Å². The van der Waals surface area contributed by atoms with Gasteiger partial charge in [-0.15, -0.1) is 0 Å². The van der Waals surface area contributed by atoms with Crippen LogP contribution in [0.4, 0.5) is 5.69 Å². The van der Waals surface area contributed by atoms with Gasteiger partial charge in [-0.3, -0.25) is 9.59 Å². The molecule has 1 aliphatic heterocycles. The zero-order valence-electron chi connectivity index (χ0n) is 15.6.